The number of aromatic nitrogens is 2. The van der Waals surface area contributed by atoms with Gasteiger partial charge in [0.25, 0.3) is 0 Å². The molecular formula is C64H104N2O12Si3. The Morgan fingerprint density at radius 3 is 2.15 bits per heavy atom. The van der Waals surface area contributed by atoms with Crippen LogP contribution < -0.4 is 0 Å². The minimum atomic E-state index is -2.22. The molecule has 4 saturated heterocycles. The van der Waals surface area contributed by atoms with Crippen molar-refractivity contribution in [2.45, 2.75) is 288 Å². The van der Waals surface area contributed by atoms with Crippen LogP contribution in [0.15, 0.2) is 45.2 Å². The molecule has 2 aromatic heterocycles. The summed E-state index contributed by atoms with van der Waals surface area (Å²) in [6.07, 6.45) is 13.2. The van der Waals surface area contributed by atoms with Crippen molar-refractivity contribution < 1.29 is 55.3 Å². The molecule has 0 saturated carbocycles. The summed E-state index contributed by atoms with van der Waals surface area (Å²) >= 11 is 0. The Kier molecular flexibility index (Phi) is 23.4. The van der Waals surface area contributed by atoms with Crippen molar-refractivity contribution in [1.82, 2.24) is 9.97 Å². The molecule has 2 aromatic rings. The third-order valence-electron chi connectivity index (χ3n) is 19.5. The predicted octanol–water partition coefficient (Wildman–Crippen LogP) is 15.3. The summed E-state index contributed by atoms with van der Waals surface area (Å²) in [5.41, 5.74) is 4.79. The number of methoxy groups -OCH3 is 1. The van der Waals surface area contributed by atoms with Crippen molar-refractivity contribution >= 4 is 43.1 Å². The maximum absolute atomic E-state index is 13.8. The molecule has 0 N–H and O–H groups in total. The van der Waals surface area contributed by atoms with Crippen LogP contribution in [-0.4, -0.2) is 115 Å². The Labute approximate surface area is 490 Å². The molecule has 7 rings (SSSR count). The molecule has 0 amide bonds. The summed E-state index contributed by atoms with van der Waals surface area (Å²) in [7, 11) is -4.54. The van der Waals surface area contributed by atoms with E-state index in [0.717, 1.165) is 72.4 Å². The predicted molar refractivity (Wildman–Crippen MR) is 327 cm³/mol. The molecule has 0 unspecified atom stereocenters. The van der Waals surface area contributed by atoms with Crippen molar-refractivity contribution in [3.8, 4) is 11.8 Å². The van der Waals surface area contributed by atoms with Crippen LogP contribution in [0.1, 0.15) is 191 Å². The highest BCUT2D eigenvalue weighted by atomic mass is 28.4. The van der Waals surface area contributed by atoms with Crippen molar-refractivity contribution in [2.75, 3.05) is 13.7 Å². The number of ether oxygens (including phenoxy) is 6. The number of hydrogen-bond donors (Lipinski definition) is 0. The molecule has 17 heteroatoms. The van der Waals surface area contributed by atoms with E-state index in [9.17, 15) is 4.79 Å². The molecule has 7 heterocycles. The Hall–Kier alpha value is -3.00. The molecule has 8 bridgehead atoms. The van der Waals surface area contributed by atoms with Gasteiger partial charge in [-0.25, -0.2) is 14.8 Å². The van der Waals surface area contributed by atoms with Crippen molar-refractivity contribution in [3.05, 3.63) is 59.5 Å². The average molecular weight is 1180 g/mol. The lowest BCUT2D eigenvalue weighted by Gasteiger charge is -2.48. The highest BCUT2D eigenvalue weighted by Crippen LogP contribution is 2.47. The van der Waals surface area contributed by atoms with E-state index in [4.69, 9.17) is 60.5 Å². The summed E-state index contributed by atoms with van der Waals surface area (Å²) in [5, 5.41) is 0. The summed E-state index contributed by atoms with van der Waals surface area (Å²) < 4.78 is 74.7. The van der Waals surface area contributed by atoms with Crippen LogP contribution in [0.4, 0.5) is 0 Å². The van der Waals surface area contributed by atoms with E-state index in [-0.39, 0.29) is 60.7 Å². The van der Waals surface area contributed by atoms with Crippen LogP contribution in [0.2, 0.25) is 52.9 Å². The maximum atomic E-state index is 13.8. The number of nitrogens with zero attached hydrogens (tertiary/aromatic N) is 2. The second-order valence-corrected chi connectivity index (χ2v) is 40.4. The van der Waals surface area contributed by atoms with Crippen molar-refractivity contribution in [2.24, 2.45) is 11.8 Å². The van der Waals surface area contributed by atoms with Crippen LogP contribution in [0.5, 0.6) is 0 Å². The first-order valence-electron chi connectivity index (χ1n) is 31.4. The fourth-order valence-electron chi connectivity index (χ4n) is 14.6. The average Bonchev–Trinajstić information content (AvgIpc) is 4.30. The fourth-order valence-corrected chi connectivity index (χ4v) is 25.8. The van der Waals surface area contributed by atoms with Crippen LogP contribution in [0.25, 0.3) is 12.2 Å². The van der Waals surface area contributed by atoms with Crippen LogP contribution >= 0.6 is 0 Å². The number of carbonyl (C=O) groups is 1. The van der Waals surface area contributed by atoms with Crippen molar-refractivity contribution in [1.29, 1.82) is 0 Å². The minimum absolute atomic E-state index is 0.00432. The zero-order valence-electron chi connectivity index (χ0n) is 52.6. The molecule has 81 heavy (non-hydrogen) atoms. The highest BCUT2D eigenvalue weighted by molar-refractivity contribution is 6.77. The molecule has 4 fully saturated rings. The van der Waals surface area contributed by atoms with Gasteiger partial charge in [-0.05, 0) is 103 Å². The minimum Gasteiger partial charge on any atom is -0.452 e. The summed E-state index contributed by atoms with van der Waals surface area (Å²) in [6.45, 7) is 38.7. The van der Waals surface area contributed by atoms with Gasteiger partial charge in [-0.1, -0.05) is 121 Å². The van der Waals surface area contributed by atoms with E-state index >= 15 is 0 Å². The van der Waals surface area contributed by atoms with Crippen LogP contribution in [-0.2, 0) is 52.9 Å². The third-order valence-corrected chi connectivity index (χ3v) is 35.0. The topological polar surface area (TPSA) is 152 Å². The van der Waals surface area contributed by atoms with Gasteiger partial charge in [0.1, 0.15) is 36.1 Å². The highest BCUT2D eigenvalue weighted by Gasteiger charge is 2.51. The molecule has 5 aliphatic rings. The van der Waals surface area contributed by atoms with E-state index < -0.39 is 48.9 Å². The van der Waals surface area contributed by atoms with Gasteiger partial charge in [0.15, 0.2) is 28.3 Å². The Morgan fingerprint density at radius 2 is 1.49 bits per heavy atom. The number of fused-ring (bicyclic) bond motifs is 9. The lowest BCUT2D eigenvalue weighted by molar-refractivity contribution is -0.269. The third kappa shape index (κ3) is 15.9. The molecule has 0 radical (unpaired) electrons. The van der Waals surface area contributed by atoms with Crippen molar-refractivity contribution in [3.63, 3.8) is 0 Å². The zero-order valence-corrected chi connectivity index (χ0v) is 55.6. The standard InChI is InChI=1S/C64H104N2O12Si3/c1-18-79(19-2,20-3)71-40-55-35-54(68-17)37-64(76-55,78-80(21-4,22-5)23-6)38-60-65-49(39-69-60)32-46(14)62-48(16)63-47(15)57(74-62)27-25-28-59-66-56(41-70-59)58-36-53(77-81(42(7)8,43(9)10)44(11)12)34-52(73-58)33-51-31-45(13)30-50(72-51)26-24-29-61(67)75-63/h25,28,32,39,41-44,47-48,50-55,57-58,62-63H,13,18-23,26-27,30-31,33-38,40H2,1-12,14-17H3/b28-25+,46-32+/t47-,48-,50-,51+,52+,53-,54+,55+,57+,58+,62-,63-,64+/m0/s1. The van der Waals surface area contributed by atoms with Gasteiger partial charge < -0.3 is 50.5 Å². The van der Waals surface area contributed by atoms with Gasteiger partial charge in [0.2, 0.25) is 14.2 Å². The Balaban J connectivity index is 1.16. The van der Waals surface area contributed by atoms with Gasteiger partial charge in [0, 0.05) is 57.0 Å². The largest absolute Gasteiger partial charge is 0.452 e. The Bertz CT molecular complexity index is 2430. The van der Waals surface area contributed by atoms with Gasteiger partial charge in [0.05, 0.1) is 61.9 Å². The molecule has 0 spiro atoms. The number of oxazole rings is 2. The first-order chi connectivity index (χ1) is 38.6. The van der Waals surface area contributed by atoms with E-state index in [2.05, 4.69) is 115 Å². The SMILES string of the molecule is C=C1C[C@@H]2C[C@@H]3C[C@H](O[Si](C(C)C)(C(C)C)C(C)C)C[C@@H](O3)c3coc(n3)/C=C/C[C@H]3O[C@@H](/C(C)=C/c4coc(C[C@]5(O[Si](CC)(CC)CC)C[C@H](OC)C[C@H](CO[Si](CC)(CC)CC)O5)n4)[C@H](C)[C@@H](OC(=O)C#CC[C@@H](C1)O2)[C@H]3C. The molecule has 0 aromatic carbocycles. The molecule has 13 atom stereocenters. The van der Waals surface area contributed by atoms with Gasteiger partial charge in [-0.3, -0.25) is 0 Å². The van der Waals surface area contributed by atoms with E-state index in [0.29, 0.717) is 85.7 Å². The smallest absolute Gasteiger partial charge is 0.384 e. The first kappa shape index (κ1) is 65.5. The zero-order chi connectivity index (χ0) is 58.9. The summed E-state index contributed by atoms with van der Waals surface area (Å²) in [6, 6.07) is 6.11. The van der Waals surface area contributed by atoms with Gasteiger partial charge in [-0.2, -0.15) is 0 Å². The van der Waals surface area contributed by atoms with E-state index in [1.165, 1.54) is 0 Å². The molecule has 454 valence electrons. The van der Waals surface area contributed by atoms with E-state index in [1.807, 2.05) is 25.2 Å². The van der Waals surface area contributed by atoms with Gasteiger partial charge >= 0.3 is 5.97 Å². The first-order valence-corrected chi connectivity index (χ1v) is 38.6. The fraction of sp³-hybridized carbons (Fsp3) is 0.766. The Morgan fingerprint density at radius 1 is 0.815 bits per heavy atom. The molecule has 5 aliphatic heterocycles. The number of esters is 1. The lowest BCUT2D eigenvalue weighted by Crippen LogP contribution is -2.57. The summed E-state index contributed by atoms with van der Waals surface area (Å²) in [5.74, 6) is 5.05. The number of rotatable bonds is 21. The number of hydrogen-bond acceptors (Lipinski definition) is 14. The lowest BCUT2D eigenvalue weighted by atomic mass is 9.79. The van der Waals surface area contributed by atoms with Gasteiger partial charge in [-0.15, -0.1) is 0 Å². The maximum Gasteiger partial charge on any atom is 0.384 e. The number of carbonyl (C=O) groups excluding carboxylic acids is 1. The van der Waals surface area contributed by atoms with Crippen LogP contribution in [0, 0.1) is 23.7 Å². The normalized spacial score (nSPS) is 31.6. The quantitative estimate of drug-likeness (QED) is 0.0383. The molecule has 14 nitrogen and oxygen atoms in total. The second-order valence-electron chi connectivity index (χ2n) is 25.6. The van der Waals surface area contributed by atoms with Crippen LogP contribution in [0.3, 0.4) is 0 Å². The molecular weight excluding hydrogens is 1070 g/mol. The van der Waals surface area contributed by atoms with E-state index in [1.54, 1.807) is 19.6 Å². The second kappa shape index (κ2) is 28.9. The monoisotopic (exact) mass is 1180 g/mol. The molecule has 0 aliphatic carbocycles. The summed E-state index contributed by atoms with van der Waals surface area (Å²) in [4.78, 5) is 23.9.